The number of carbonyl (C=O) groups excluding carboxylic acids is 1. The van der Waals surface area contributed by atoms with E-state index in [1.807, 2.05) is 26.2 Å². The van der Waals surface area contributed by atoms with E-state index in [0.717, 1.165) is 5.56 Å². The van der Waals surface area contributed by atoms with E-state index in [1.165, 1.54) is 11.3 Å². The van der Waals surface area contributed by atoms with Crippen LogP contribution in [0.1, 0.15) is 29.1 Å². The molecule has 0 atom stereocenters. The third-order valence-corrected chi connectivity index (χ3v) is 3.10. The Balaban J connectivity index is 2.83. The van der Waals surface area contributed by atoms with Gasteiger partial charge in [-0.2, -0.15) is 0 Å². The lowest BCUT2D eigenvalue weighted by molar-refractivity contribution is 0.0384. The normalized spacial score (nSPS) is 10.5. The lowest BCUT2D eigenvalue weighted by Crippen LogP contribution is -2.10. The molecule has 0 saturated carbocycles. The van der Waals surface area contributed by atoms with E-state index >= 15 is 0 Å². The number of hydrogen-bond acceptors (Lipinski definition) is 3. The van der Waals surface area contributed by atoms with E-state index in [9.17, 15) is 4.79 Å². The number of ether oxygens (including phenoxy) is 1. The van der Waals surface area contributed by atoms with Crippen molar-refractivity contribution in [3.8, 4) is 0 Å². The van der Waals surface area contributed by atoms with Crippen LogP contribution in [0.15, 0.2) is 5.38 Å². The Bertz CT molecular complexity index is 317. The maximum Gasteiger partial charge on any atom is 0.350 e. The van der Waals surface area contributed by atoms with Gasteiger partial charge in [-0.3, -0.25) is 0 Å². The molecule has 1 rings (SSSR count). The number of halogens is 1. The summed E-state index contributed by atoms with van der Waals surface area (Å²) in [4.78, 5) is 11.9. The van der Waals surface area contributed by atoms with Crippen molar-refractivity contribution in [1.29, 1.82) is 0 Å². The quantitative estimate of drug-likeness (QED) is 0.713. The number of carbonyl (C=O) groups is 1. The predicted molar refractivity (Wildman–Crippen MR) is 54.6 cm³/mol. The topological polar surface area (TPSA) is 26.3 Å². The lowest BCUT2D eigenvalue weighted by Gasteiger charge is -2.06. The van der Waals surface area contributed by atoms with Crippen LogP contribution >= 0.6 is 22.9 Å². The summed E-state index contributed by atoms with van der Waals surface area (Å²) in [5.74, 6) is -0.335. The summed E-state index contributed by atoms with van der Waals surface area (Å²) in [6.07, 6.45) is -0.106. The molecular formula is C9H11ClO2S. The van der Waals surface area contributed by atoms with Crippen LogP contribution in [0.2, 0.25) is 5.02 Å². The summed E-state index contributed by atoms with van der Waals surface area (Å²) < 4.78 is 5.02. The molecule has 0 spiro atoms. The molecule has 1 aromatic rings. The van der Waals surface area contributed by atoms with Crippen molar-refractivity contribution in [2.24, 2.45) is 0 Å². The first-order valence-corrected chi connectivity index (χ1v) is 5.22. The molecule has 0 aliphatic carbocycles. The molecule has 0 N–H and O–H groups in total. The molecule has 0 amide bonds. The van der Waals surface area contributed by atoms with Crippen LogP contribution in [-0.2, 0) is 4.74 Å². The van der Waals surface area contributed by atoms with Crippen LogP contribution in [-0.4, -0.2) is 12.1 Å². The maximum absolute atomic E-state index is 11.4. The fourth-order valence-electron chi connectivity index (χ4n) is 0.835. The summed E-state index contributed by atoms with van der Waals surface area (Å²) in [5.41, 5.74) is 0.919. The predicted octanol–water partition coefficient (Wildman–Crippen LogP) is 3.28. The molecule has 0 radical (unpaired) electrons. The first-order chi connectivity index (χ1) is 6.02. The van der Waals surface area contributed by atoms with E-state index in [4.69, 9.17) is 16.3 Å². The average molecular weight is 219 g/mol. The minimum absolute atomic E-state index is 0.106. The molecule has 13 heavy (non-hydrogen) atoms. The van der Waals surface area contributed by atoms with Gasteiger partial charge in [-0.05, 0) is 31.7 Å². The number of rotatable bonds is 2. The van der Waals surface area contributed by atoms with Gasteiger partial charge >= 0.3 is 5.97 Å². The summed E-state index contributed by atoms with van der Waals surface area (Å²) in [6.45, 7) is 5.49. The fourth-order valence-corrected chi connectivity index (χ4v) is 1.99. The van der Waals surface area contributed by atoms with Crippen molar-refractivity contribution in [1.82, 2.24) is 0 Å². The van der Waals surface area contributed by atoms with Crippen molar-refractivity contribution in [2.75, 3.05) is 0 Å². The third-order valence-electron chi connectivity index (χ3n) is 1.43. The van der Waals surface area contributed by atoms with E-state index in [2.05, 4.69) is 0 Å². The van der Waals surface area contributed by atoms with Crippen LogP contribution in [0, 0.1) is 6.92 Å². The highest BCUT2D eigenvalue weighted by molar-refractivity contribution is 7.12. The second kappa shape index (κ2) is 4.11. The fraction of sp³-hybridized carbons (Fsp3) is 0.444. The summed E-state index contributed by atoms with van der Waals surface area (Å²) in [6, 6.07) is 0. The van der Waals surface area contributed by atoms with Gasteiger partial charge < -0.3 is 4.74 Å². The maximum atomic E-state index is 11.4. The van der Waals surface area contributed by atoms with Crippen molar-refractivity contribution in [3.63, 3.8) is 0 Å². The molecule has 1 aromatic heterocycles. The van der Waals surface area contributed by atoms with Crippen molar-refractivity contribution < 1.29 is 9.53 Å². The monoisotopic (exact) mass is 218 g/mol. The zero-order valence-electron chi connectivity index (χ0n) is 7.76. The molecule has 1 heterocycles. The Morgan fingerprint density at radius 2 is 2.23 bits per heavy atom. The lowest BCUT2D eigenvalue weighted by atomic mass is 10.3. The number of hydrogen-bond donors (Lipinski definition) is 0. The highest BCUT2D eigenvalue weighted by Crippen LogP contribution is 2.27. The number of aryl methyl sites for hydroxylation is 1. The van der Waals surface area contributed by atoms with Crippen molar-refractivity contribution >= 4 is 28.9 Å². The molecular weight excluding hydrogens is 208 g/mol. The number of thiophene rings is 1. The number of esters is 1. The van der Waals surface area contributed by atoms with Gasteiger partial charge in [0.25, 0.3) is 0 Å². The third kappa shape index (κ3) is 2.45. The molecule has 0 aliphatic heterocycles. The minimum Gasteiger partial charge on any atom is -0.459 e. The molecule has 0 unspecified atom stereocenters. The SMILES string of the molecule is Cc1csc(C(=O)OC(C)C)c1Cl. The molecule has 0 aromatic carbocycles. The van der Waals surface area contributed by atoms with Gasteiger partial charge in [0.15, 0.2) is 0 Å². The van der Waals surface area contributed by atoms with Crippen LogP contribution in [0.5, 0.6) is 0 Å². The molecule has 2 nitrogen and oxygen atoms in total. The van der Waals surface area contributed by atoms with E-state index in [0.29, 0.717) is 9.90 Å². The Kier molecular flexibility index (Phi) is 3.33. The summed E-state index contributed by atoms with van der Waals surface area (Å²) >= 11 is 7.22. The first-order valence-electron chi connectivity index (χ1n) is 3.97. The average Bonchev–Trinajstić information content (AvgIpc) is 2.31. The van der Waals surface area contributed by atoms with Gasteiger partial charge in [0.05, 0.1) is 11.1 Å². The van der Waals surface area contributed by atoms with Crippen LogP contribution in [0.3, 0.4) is 0 Å². The van der Waals surface area contributed by atoms with Gasteiger partial charge in [0.2, 0.25) is 0 Å². The largest absolute Gasteiger partial charge is 0.459 e. The highest BCUT2D eigenvalue weighted by Gasteiger charge is 2.16. The van der Waals surface area contributed by atoms with Gasteiger partial charge in [-0.1, -0.05) is 11.6 Å². The Hall–Kier alpha value is -0.540. The Morgan fingerprint density at radius 3 is 2.62 bits per heavy atom. The van der Waals surface area contributed by atoms with Crippen LogP contribution in [0.25, 0.3) is 0 Å². The molecule has 0 bridgehead atoms. The van der Waals surface area contributed by atoms with E-state index in [1.54, 1.807) is 0 Å². The smallest absolute Gasteiger partial charge is 0.350 e. The Labute approximate surface area is 86.5 Å². The molecule has 0 saturated heterocycles. The van der Waals surface area contributed by atoms with Gasteiger partial charge in [-0.15, -0.1) is 11.3 Å². The minimum atomic E-state index is -0.335. The summed E-state index contributed by atoms with van der Waals surface area (Å²) in [5, 5.41) is 2.36. The van der Waals surface area contributed by atoms with Gasteiger partial charge in [-0.25, -0.2) is 4.79 Å². The second-order valence-electron chi connectivity index (χ2n) is 3.02. The van der Waals surface area contributed by atoms with E-state index < -0.39 is 0 Å². The standard InChI is InChI=1S/C9H11ClO2S/c1-5(2)12-9(11)8-7(10)6(3)4-13-8/h4-5H,1-3H3. The summed E-state index contributed by atoms with van der Waals surface area (Å²) in [7, 11) is 0. The molecule has 0 fully saturated rings. The van der Waals surface area contributed by atoms with Crippen LogP contribution < -0.4 is 0 Å². The molecule has 0 aliphatic rings. The van der Waals surface area contributed by atoms with Gasteiger partial charge in [0.1, 0.15) is 4.88 Å². The molecule has 72 valence electrons. The van der Waals surface area contributed by atoms with Crippen LogP contribution in [0.4, 0.5) is 0 Å². The van der Waals surface area contributed by atoms with Crippen molar-refractivity contribution in [2.45, 2.75) is 26.9 Å². The molecule has 4 heteroatoms. The zero-order chi connectivity index (χ0) is 10.0. The highest BCUT2D eigenvalue weighted by atomic mass is 35.5. The zero-order valence-corrected chi connectivity index (χ0v) is 9.33. The van der Waals surface area contributed by atoms with Crippen molar-refractivity contribution in [3.05, 3.63) is 20.8 Å². The first kappa shape index (κ1) is 10.5. The van der Waals surface area contributed by atoms with Gasteiger partial charge in [0, 0.05) is 0 Å². The second-order valence-corrected chi connectivity index (χ2v) is 4.27. The Morgan fingerprint density at radius 1 is 1.62 bits per heavy atom. The van der Waals surface area contributed by atoms with E-state index in [-0.39, 0.29) is 12.1 Å².